The SMILES string of the molecule is Cl.NCCCC(=O)Nc1ccc2[nH]ccc2c1. The molecule has 92 valence electrons. The van der Waals surface area contributed by atoms with Crippen LogP contribution in [0.15, 0.2) is 30.5 Å². The maximum Gasteiger partial charge on any atom is 0.224 e. The quantitative estimate of drug-likeness (QED) is 0.782. The lowest BCUT2D eigenvalue weighted by Gasteiger charge is -2.04. The van der Waals surface area contributed by atoms with Gasteiger partial charge in [-0.05, 0) is 37.2 Å². The number of H-pyrrole nitrogens is 1. The van der Waals surface area contributed by atoms with Crippen molar-refractivity contribution in [2.75, 3.05) is 11.9 Å². The summed E-state index contributed by atoms with van der Waals surface area (Å²) >= 11 is 0. The van der Waals surface area contributed by atoms with Crippen molar-refractivity contribution < 1.29 is 4.79 Å². The molecule has 0 aliphatic carbocycles. The number of benzene rings is 1. The number of carbonyl (C=O) groups is 1. The minimum Gasteiger partial charge on any atom is -0.361 e. The van der Waals surface area contributed by atoms with Crippen LogP contribution >= 0.6 is 12.4 Å². The first-order chi connectivity index (χ1) is 7.79. The third-order valence-corrected chi connectivity index (χ3v) is 2.45. The zero-order valence-electron chi connectivity index (χ0n) is 9.40. The highest BCUT2D eigenvalue weighted by molar-refractivity contribution is 5.93. The van der Waals surface area contributed by atoms with Gasteiger partial charge in [0.05, 0.1) is 0 Å². The van der Waals surface area contributed by atoms with Gasteiger partial charge in [-0.3, -0.25) is 4.79 Å². The van der Waals surface area contributed by atoms with Gasteiger partial charge in [0.15, 0.2) is 0 Å². The molecule has 0 saturated carbocycles. The van der Waals surface area contributed by atoms with Crippen LogP contribution in [0.5, 0.6) is 0 Å². The average molecular weight is 254 g/mol. The molecule has 1 aromatic heterocycles. The molecule has 17 heavy (non-hydrogen) atoms. The van der Waals surface area contributed by atoms with E-state index >= 15 is 0 Å². The van der Waals surface area contributed by atoms with Crippen LogP contribution < -0.4 is 11.1 Å². The highest BCUT2D eigenvalue weighted by Gasteiger charge is 2.02. The average Bonchev–Trinajstić information content (AvgIpc) is 2.73. The number of nitrogens with one attached hydrogen (secondary N) is 2. The Morgan fingerprint density at radius 2 is 2.18 bits per heavy atom. The minimum absolute atomic E-state index is 0. The molecule has 0 aliphatic heterocycles. The number of anilines is 1. The maximum atomic E-state index is 11.5. The molecule has 0 aliphatic rings. The second-order valence-electron chi connectivity index (χ2n) is 3.72. The van der Waals surface area contributed by atoms with E-state index in [0.29, 0.717) is 13.0 Å². The lowest BCUT2D eigenvalue weighted by Crippen LogP contribution is -2.13. The van der Waals surface area contributed by atoms with Crippen LogP contribution in [0.2, 0.25) is 0 Å². The number of rotatable bonds is 4. The first-order valence-corrected chi connectivity index (χ1v) is 5.36. The molecular formula is C12H16ClN3O. The summed E-state index contributed by atoms with van der Waals surface area (Å²) in [6.45, 7) is 0.546. The number of carbonyl (C=O) groups excluding carboxylic acids is 1. The number of aromatic amines is 1. The van der Waals surface area contributed by atoms with Crippen molar-refractivity contribution in [1.82, 2.24) is 4.98 Å². The Bertz CT molecular complexity index is 495. The number of fused-ring (bicyclic) bond motifs is 1. The van der Waals surface area contributed by atoms with Gasteiger partial charge in [-0.25, -0.2) is 0 Å². The summed E-state index contributed by atoms with van der Waals surface area (Å²) in [5.41, 5.74) is 7.24. The van der Waals surface area contributed by atoms with Gasteiger partial charge in [0.25, 0.3) is 0 Å². The zero-order valence-corrected chi connectivity index (χ0v) is 10.2. The van der Waals surface area contributed by atoms with Crippen molar-refractivity contribution in [3.8, 4) is 0 Å². The van der Waals surface area contributed by atoms with E-state index < -0.39 is 0 Å². The van der Waals surface area contributed by atoms with Gasteiger partial charge in [-0.1, -0.05) is 0 Å². The van der Waals surface area contributed by atoms with Gasteiger partial charge in [0, 0.05) is 29.2 Å². The summed E-state index contributed by atoms with van der Waals surface area (Å²) in [5.74, 6) is 0.0142. The second-order valence-corrected chi connectivity index (χ2v) is 3.72. The van der Waals surface area contributed by atoms with E-state index in [-0.39, 0.29) is 18.3 Å². The summed E-state index contributed by atoms with van der Waals surface area (Å²) in [5, 5.41) is 3.94. The Balaban J connectivity index is 0.00000144. The van der Waals surface area contributed by atoms with Gasteiger partial charge in [0.1, 0.15) is 0 Å². The number of halogens is 1. The predicted molar refractivity (Wildman–Crippen MR) is 72.5 cm³/mol. The Morgan fingerprint density at radius 1 is 1.35 bits per heavy atom. The van der Waals surface area contributed by atoms with Crippen molar-refractivity contribution in [2.24, 2.45) is 5.73 Å². The van der Waals surface area contributed by atoms with Crippen molar-refractivity contribution in [3.63, 3.8) is 0 Å². The van der Waals surface area contributed by atoms with Crippen molar-refractivity contribution in [1.29, 1.82) is 0 Å². The van der Waals surface area contributed by atoms with Crippen LogP contribution in [0.1, 0.15) is 12.8 Å². The second kappa shape index (κ2) is 6.27. The van der Waals surface area contributed by atoms with Gasteiger partial charge in [-0.15, -0.1) is 12.4 Å². The largest absolute Gasteiger partial charge is 0.361 e. The fourth-order valence-corrected chi connectivity index (χ4v) is 1.62. The highest BCUT2D eigenvalue weighted by atomic mass is 35.5. The molecule has 2 aromatic rings. The van der Waals surface area contributed by atoms with Crippen molar-refractivity contribution in [2.45, 2.75) is 12.8 Å². The monoisotopic (exact) mass is 253 g/mol. The van der Waals surface area contributed by atoms with Gasteiger partial charge in [0.2, 0.25) is 5.91 Å². The normalized spacial score (nSPS) is 9.94. The van der Waals surface area contributed by atoms with Gasteiger partial charge >= 0.3 is 0 Å². The first kappa shape index (κ1) is 13.5. The number of nitrogens with two attached hydrogens (primary N) is 1. The lowest BCUT2D eigenvalue weighted by molar-refractivity contribution is -0.116. The number of hydrogen-bond acceptors (Lipinski definition) is 2. The molecule has 1 heterocycles. The fourth-order valence-electron chi connectivity index (χ4n) is 1.62. The van der Waals surface area contributed by atoms with E-state index in [9.17, 15) is 4.79 Å². The Kier molecular flexibility index (Phi) is 5.00. The Morgan fingerprint density at radius 3 is 2.94 bits per heavy atom. The topological polar surface area (TPSA) is 70.9 Å². The summed E-state index contributed by atoms with van der Waals surface area (Å²) < 4.78 is 0. The van der Waals surface area contributed by atoms with Crippen LogP contribution in [0.3, 0.4) is 0 Å². The van der Waals surface area contributed by atoms with Crippen molar-refractivity contribution in [3.05, 3.63) is 30.5 Å². The smallest absolute Gasteiger partial charge is 0.224 e. The lowest BCUT2D eigenvalue weighted by atomic mass is 10.2. The zero-order chi connectivity index (χ0) is 11.4. The van der Waals surface area contributed by atoms with Crippen LogP contribution in [0.25, 0.3) is 10.9 Å². The van der Waals surface area contributed by atoms with Crippen LogP contribution in [-0.4, -0.2) is 17.4 Å². The van der Waals surface area contributed by atoms with Gasteiger partial charge < -0.3 is 16.0 Å². The highest BCUT2D eigenvalue weighted by Crippen LogP contribution is 2.17. The summed E-state index contributed by atoms with van der Waals surface area (Å²) in [6.07, 6.45) is 3.07. The molecule has 0 radical (unpaired) electrons. The molecule has 5 heteroatoms. The van der Waals surface area contributed by atoms with E-state index in [1.165, 1.54) is 0 Å². The summed E-state index contributed by atoms with van der Waals surface area (Å²) in [6, 6.07) is 7.77. The molecule has 0 bridgehead atoms. The maximum absolute atomic E-state index is 11.5. The molecule has 1 aromatic carbocycles. The fraction of sp³-hybridized carbons (Fsp3) is 0.250. The minimum atomic E-state index is 0. The van der Waals surface area contributed by atoms with E-state index in [1.54, 1.807) is 0 Å². The van der Waals surface area contributed by atoms with E-state index in [0.717, 1.165) is 23.0 Å². The molecule has 0 fully saturated rings. The molecule has 4 nitrogen and oxygen atoms in total. The Labute approximate surface area is 106 Å². The number of aromatic nitrogens is 1. The van der Waals surface area contributed by atoms with E-state index in [4.69, 9.17) is 5.73 Å². The standard InChI is InChI=1S/C12H15N3O.ClH/c13-6-1-2-12(16)15-10-3-4-11-9(8-10)5-7-14-11;/h3-5,7-8,14H,1-2,6,13H2,(H,15,16);1H. The van der Waals surface area contributed by atoms with Crippen LogP contribution in [0.4, 0.5) is 5.69 Å². The van der Waals surface area contributed by atoms with Crippen molar-refractivity contribution >= 4 is 34.9 Å². The molecule has 0 unspecified atom stereocenters. The van der Waals surface area contributed by atoms with Crippen LogP contribution in [0, 0.1) is 0 Å². The summed E-state index contributed by atoms with van der Waals surface area (Å²) in [7, 11) is 0. The van der Waals surface area contributed by atoms with E-state index in [2.05, 4.69) is 10.3 Å². The van der Waals surface area contributed by atoms with E-state index in [1.807, 2.05) is 30.5 Å². The first-order valence-electron chi connectivity index (χ1n) is 5.36. The molecule has 0 saturated heterocycles. The Hall–Kier alpha value is -1.52. The molecule has 4 N–H and O–H groups in total. The third-order valence-electron chi connectivity index (χ3n) is 2.45. The molecule has 0 atom stereocenters. The molecule has 1 amide bonds. The third kappa shape index (κ3) is 3.47. The molecule has 0 spiro atoms. The number of hydrogen-bond donors (Lipinski definition) is 3. The summed E-state index contributed by atoms with van der Waals surface area (Å²) in [4.78, 5) is 14.6. The molecule has 2 rings (SSSR count). The number of amides is 1. The van der Waals surface area contributed by atoms with Gasteiger partial charge in [-0.2, -0.15) is 0 Å². The van der Waals surface area contributed by atoms with Crippen LogP contribution in [-0.2, 0) is 4.79 Å². The predicted octanol–water partition coefficient (Wildman–Crippen LogP) is 2.27. The molecular weight excluding hydrogens is 238 g/mol.